The summed E-state index contributed by atoms with van der Waals surface area (Å²) < 4.78 is 0. The molecule has 1 aromatic carbocycles. The van der Waals surface area contributed by atoms with E-state index in [1.165, 1.54) is 0 Å². The Morgan fingerprint density at radius 1 is 1.15 bits per heavy atom. The number of carbonyl (C=O) groups is 3. The summed E-state index contributed by atoms with van der Waals surface area (Å²) in [4.78, 5) is 38.2. The molecule has 7 heteroatoms. The summed E-state index contributed by atoms with van der Waals surface area (Å²) in [5.74, 6) is -0.454. The van der Waals surface area contributed by atoms with Gasteiger partial charge >= 0.3 is 6.03 Å². The van der Waals surface area contributed by atoms with Gasteiger partial charge in [-0.05, 0) is 38.3 Å². The first-order valence-corrected chi connectivity index (χ1v) is 9.20. The molecule has 1 aliphatic heterocycles. The highest BCUT2D eigenvalue weighted by atomic mass is 16.2. The van der Waals surface area contributed by atoms with Crippen LogP contribution in [0.5, 0.6) is 0 Å². The molecule has 1 fully saturated rings. The van der Waals surface area contributed by atoms with Gasteiger partial charge in [0.15, 0.2) is 0 Å². The van der Waals surface area contributed by atoms with Gasteiger partial charge in [-0.2, -0.15) is 0 Å². The van der Waals surface area contributed by atoms with E-state index in [9.17, 15) is 14.4 Å². The molecule has 142 valence electrons. The van der Waals surface area contributed by atoms with Crippen LogP contribution in [-0.4, -0.2) is 48.4 Å². The number of benzene rings is 1. The number of rotatable bonds is 6. The van der Waals surface area contributed by atoms with E-state index in [1.807, 2.05) is 37.3 Å². The lowest BCUT2D eigenvalue weighted by atomic mass is 9.96. The first-order chi connectivity index (χ1) is 12.5. The number of urea groups is 1. The molecule has 0 aliphatic carbocycles. The van der Waals surface area contributed by atoms with Crippen molar-refractivity contribution >= 4 is 23.5 Å². The van der Waals surface area contributed by atoms with Crippen LogP contribution in [0.25, 0.3) is 0 Å². The minimum absolute atomic E-state index is 0.118. The van der Waals surface area contributed by atoms with Gasteiger partial charge in [-0.15, -0.1) is 0 Å². The number of para-hydroxylation sites is 1. The number of carbonyl (C=O) groups excluding carboxylic acids is 3. The molecular weight excluding hydrogens is 332 g/mol. The number of anilines is 1. The monoisotopic (exact) mass is 360 g/mol. The zero-order valence-electron chi connectivity index (χ0n) is 15.5. The average molecular weight is 360 g/mol. The van der Waals surface area contributed by atoms with Crippen molar-refractivity contribution in [2.24, 2.45) is 5.92 Å². The fourth-order valence-electron chi connectivity index (χ4n) is 2.87. The van der Waals surface area contributed by atoms with Crippen molar-refractivity contribution in [2.45, 2.75) is 39.2 Å². The zero-order valence-corrected chi connectivity index (χ0v) is 15.5. The maximum atomic E-state index is 12.3. The van der Waals surface area contributed by atoms with E-state index in [0.29, 0.717) is 32.5 Å². The summed E-state index contributed by atoms with van der Waals surface area (Å²) in [6, 6.07) is 8.60. The van der Waals surface area contributed by atoms with Crippen LogP contribution in [0.4, 0.5) is 10.5 Å². The molecule has 2 rings (SSSR count). The molecule has 0 bridgehead atoms. The van der Waals surface area contributed by atoms with Crippen LogP contribution >= 0.6 is 0 Å². The molecule has 3 N–H and O–H groups in total. The van der Waals surface area contributed by atoms with Crippen LogP contribution < -0.4 is 16.0 Å². The van der Waals surface area contributed by atoms with Gasteiger partial charge in [-0.1, -0.05) is 25.1 Å². The Labute approximate surface area is 154 Å². The summed E-state index contributed by atoms with van der Waals surface area (Å²) in [5.41, 5.74) is 0.754. The fraction of sp³-hybridized carbons (Fsp3) is 0.526. The SMILES string of the molecule is CCCNC(=O)[C@@H](C)NC(=O)C1CCN(C(=O)Nc2ccccc2)CC1. The van der Waals surface area contributed by atoms with E-state index in [1.54, 1.807) is 11.8 Å². The van der Waals surface area contributed by atoms with Gasteiger partial charge < -0.3 is 20.9 Å². The molecule has 0 saturated carbocycles. The second kappa shape index (κ2) is 9.79. The van der Waals surface area contributed by atoms with Gasteiger partial charge in [-0.25, -0.2) is 4.79 Å². The maximum Gasteiger partial charge on any atom is 0.321 e. The number of nitrogens with one attached hydrogen (secondary N) is 3. The van der Waals surface area contributed by atoms with Crippen LogP contribution in [0.1, 0.15) is 33.1 Å². The molecule has 1 aromatic rings. The molecule has 0 spiro atoms. The molecule has 1 atom stereocenters. The summed E-state index contributed by atoms with van der Waals surface area (Å²) in [5, 5.41) is 8.40. The van der Waals surface area contributed by atoms with Crippen molar-refractivity contribution in [1.29, 1.82) is 0 Å². The normalized spacial score (nSPS) is 15.8. The van der Waals surface area contributed by atoms with Gasteiger partial charge in [0.1, 0.15) is 6.04 Å². The third-order valence-corrected chi connectivity index (χ3v) is 4.48. The minimum Gasteiger partial charge on any atom is -0.354 e. The molecule has 26 heavy (non-hydrogen) atoms. The van der Waals surface area contributed by atoms with Crippen molar-refractivity contribution in [3.8, 4) is 0 Å². The lowest BCUT2D eigenvalue weighted by Crippen LogP contribution is -2.49. The number of hydrogen-bond acceptors (Lipinski definition) is 3. The maximum absolute atomic E-state index is 12.3. The molecule has 1 aliphatic rings. The van der Waals surface area contributed by atoms with Crippen molar-refractivity contribution in [3.63, 3.8) is 0 Å². The molecule has 0 radical (unpaired) electrons. The molecule has 0 aromatic heterocycles. The van der Waals surface area contributed by atoms with Crippen molar-refractivity contribution in [1.82, 2.24) is 15.5 Å². The number of piperidine rings is 1. The molecule has 0 unspecified atom stereocenters. The Bertz CT molecular complexity index is 612. The largest absolute Gasteiger partial charge is 0.354 e. The highest BCUT2D eigenvalue weighted by Gasteiger charge is 2.28. The quantitative estimate of drug-likeness (QED) is 0.724. The zero-order chi connectivity index (χ0) is 18.9. The smallest absolute Gasteiger partial charge is 0.321 e. The summed E-state index contributed by atoms with van der Waals surface area (Å²) in [6.45, 7) is 5.31. The third-order valence-electron chi connectivity index (χ3n) is 4.48. The van der Waals surface area contributed by atoms with Crippen molar-refractivity contribution in [3.05, 3.63) is 30.3 Å². The second-order valence-corrected chi connectivity index (χ2v) is 6.58. The third kappa shape index (κ3) is 5.75. The first-order valence-electron chi connectivity index (χ1n) is 9.20. The van der Waals surface area contributed by atoms with Gasteiger partial charge in [0.25, 0.3) is 0 Å². The molecule has 7 nitrogen and oxygen atoms in total. The Morgan fingerprint density at radius 3 is 2.42 bits per heavy atom. The van der Waals surface area contributed by atoms with E-state index < -0.39 is 6.04 Å². The predicted molar refractivity (Wildman–Crippen MR) is 101 cm³/mol. The van der Waals surface area contributed by atoms with E-state index >= 15 is 0 Å². The average Bonchev–Trinajstić information content (AvgIpc) is 2.66. The van der Waals surface area contributed by atoms with Crippen LogP contribution in [0.3, 0.4) is 0 Å². The minimum atomic E-state index is -0.548. The van der Waals surface area contributed by atoms with Crippen LogP contribution in [0.15, 0.2) is 30.3 Å². The van der Waals surface area contributed by atoms with E-state index in [4.69, 9.17) is 0 Å². The molecule has 4 amide bonds. The first kappa shape index (κ1) is 19.8. The van der Waals surface area contributed by atoms with Crippen LogP contribution in [-0.2, 0) is 9.59 Å². The Morgan fingerprint density at radius 2 is 1.81 bits per heavy atom. The Balaban J connectivity index is 1.75. The number of hydrogen-bond donors (Lipinski definition) is 3. The van der Waals surface area contributed by atoms with Gasteiger partial charge in [0.05, 0.1) is 0 Å². The molecule has 1 saturated heterocycles. The van der Waals surface area contributed by atoms with E-state index in [-0.39, 0.29) is 23.8 Å². The van der Waals surface area contributed by atoms with E-state index in [0.717, 1.165) is 12.1 Å². The predicted octanol–water partition coefficient (Wildman–Crippen LogP) is 1.96. The highest BCUT2D eigenvalue weighted by Crippen LogP contribution is 2.18. The molecular formula is C19H28N4O3. The Kier molecular flexibility index (Phi) is 7.44. The van der Waals surface area contributed by atoms with Gasteiger partial charge in [0.2, 0.25) is 11.8 Å². The topological polar surface area (TPSA) is 90.5 Å². The summed E-state index contributed by atoms with van der Waals surface area (Å²) >= 11 is 0. The van der Waals surface area contributed by atoms with Crippen molar-refractivity contribution < 1.29 is 14.4 Å². The number of likely N-dealkylation sites (tertiary alicyclic amines) is 1. The van der Waals surface area contributed by atoms with Crippen LogP contribution in [0, 0.1) is 5.92 Å². The second-order valence-electron chi connectivity index (χ2n) is 6.58. The number of amides is 4. The fourth-order valence-corrected chi connectivity index (χ4v) is 2.87. The lowest BCUT2D eigenvalue weighted by Gasteiger charge is -2.31. The number of nitrogens with zero attached hydrogens (tertiary/aromatic N) is 1. The lowest BCUT2D eigenvalue weighted by molar-refractivity contribution is -0.131. The summed E-state index contributed by atoms with van der Waals surface area (Å²) in [7, 11) is 0. The Hall–Kier alpha value is -2.57. The van der Waals surface area contributed by atoms with Crippen LogP contribution in [0.2, 0.25) is 0 Å². The standard InChI is InChI=1S/C19H28N4O3/c1-3-11-20-17(24)14(2)21-18(25)15-9-12-23(13-10-15)19(26)22-16-7-5-4-6-8-16/h4-8,14-15H,3,9-13H2,1-2H3,(H,20,24)(H,21,25)(H,22,26)/t14-/m1/s1. The van der Waals surface area contributed by atoms with Crippen molar-refractivity contribution in [2.75, 3.05) is 25.0 Å². The summed E-state index contributed by atoms with van der Waals surface area (Å²) in [6.07, 6.45) is 2.05. The van der Waals surface area contributed by atoms with Gasteiger partial charge in [-0.3, -0.25) is 9.59 Å². The van der Waals surface area contributed by atoms with E-state index in [2.05, 4.69) is 16.0 Å². The highest BCUT2D eigenvalue weighted by molar-refractivity contribution is 5.90. The molecule has 1 heterocycles. The van der Waals surface area contributed by atoms with Gasteiger partial charge in [0, 0.05) is 31.2 Å².